The molecule has 0 heterocycles. The van der Waals surface area contributed by atoms with E-state index >= 15 is 0 Å². The number of fused-ring (bicyclic) bond motifs is 11. The van der Waals surface area contributed by atoms with Gasteiger partial charge in [-0.3, -0.25) is 0 Å². The Morgan fingerprint density at radius 1 is 0.840 bits per heavy atom. The molecule has 0 N–H and O–H groups in total. The fraction of sp³-hybridized carbons (Fsp3) is 0.333. The third-order valence-electron chi connectivity index (χ3n) is 7.00. The van der Waals surface area contributed by atoms with E-state index in [1.54, 1.807) is 23.8 Å². The summed E-state index contributed by atoms with van der Waals surface area (Å²) in [6.45, 7) is 0. The molecule has 2 aromatic rings. The van der Waals surface area contributed by atoms with Gasteiger partial charge in [0.2, 0.25) is 0 Å². The summed E-state index contributed by atoms with van der Waals surface area (Å²) in [5, 5.41) is 0. The Bertz CT molecular complexity index is 882. The fourth-order valence-corrected chi connectivity index (χ4v) is 6.14. The van der Waals surface area contributed by atoms with E-state index in [0.717, 1.165) is 17.6 Å². The zero-order valence-corrected chi connectivity index (χ0v) is 14.5. The van der Waals surface area contributed by atoms with Crippen LogP contribution in [-0.2, 0) is 0 Å². The van der Waals surface area contributed by atoms with Gasteiger partial charge in [0.05, 0.1) is 7.11 Å². The molecule has 1 heteroatoms. The summed E-state index contributed by atoms with van der Waals surface area (Å²) >= 11 is 0. The number of hydrogen-bond acceptors (Lipinski definition) is 1. The number of methoxy groups -OCH3 is 1. The van der Waals surface area contributed by atoms with Crippen LogP contribution >= 0.6 is 0 Å². The third-order valence-corrected chi connectivity index (χ3v) is 7.00. The summed E-state index contributed by atoms with van der Waals surface area (Å²) in [6.07, 6.45) is 6.74. The maximum Gasteiger partial charge on any atom is 0.118 e. The van der Waals surface area contributed by atoms with Crippen LogP contribution in [0.3, 0.4) is 0 Å². The van der Waals surface area contributed by atoms with Crippen molar-refractivity contribution in [2.24, 2.45) is 11.8 Å². The van der Waals surface area contributed by atoms with Gasteiger partial charge in [0.1, 0.15) is 5.75 Å². The van der Waals surface area contributed by atoms with E-state index in [1.807, 2.05) is 11.1 Å². The highest BCUT2D eigenvalue weighted by Crippen LogP contribution is 2.70. The van der Waals surface area contributed by atoms with Gasteiger partial charge < -0.3 is 4.74 Å². The number of benzene rings is 2. The summed E-state index contributed by atoms with van der Waals surface area (Å²) < 4.78 is 5.31. The van der Waals surface area contributed by atoms with Gasteiger partial charge in [-0.15, -0.1) is 0 Å². The molecule has 0 amide bonds. The molecule has 4 atom stereocenters. The molecule has 4 bridgehead atoms. The second kappa shape index (κ2) is 4.88. The van der Waals surface area contributed by atoms with Crippen molar-refractivity contribution in [1.29, 1.82) is 0 Å². The first-order chi connectivity index (χ1) is 12.3. The van der Waals surface area contributed by atoms with Crippen LogP contribution in [0, 0.1) is 11.8 Å². The van der Waals surface area contributed by atoms with E-state index in [0.29, 0.717) is 11.8 Å². The zero-order chi connectivity index (χ0) is 16.5. The lowest BCUT2D eigenvalue weighted by Crippen LogP contribution is -2.10. The fourth-order valence-electron chi connectivity index (χ4n) is 6.14. The minimum Gasteiger partial charge on any atom is -0.497 e. The number of allylic oxidation sites excluding steroid dienone is 3. The molecule has 25 heavy (non-hydrogen) atoms. The molecule has 6 rings (SSSR count). The van der Waals surface area contributed by atoms with Crippen LogP contribution in [0.25, 0.3) is 6.08 Å². The Morgan fingerprint density at radius 2 is 1.44 bits per heavy atom. The van der Waals surface area contributed by atoms with Crippen molar-refractivity contribution < 1.29 is 4.74 Å². The molecular formula is C24H22O. The molecule has 0 saturated heterocycles. The third kappa shape index (κ3) is 1.74. The van der Waals surface area contributed by atoms with Crippen LogP contribution < -0.4 is 4.74 Å². The molecule has 0 aliphatic heterocycles. The normalized spacial score (nSPS) is 30.7. The molecule has 0 radical (unpaired) electrons. The summed E-state index contributed by atoms with van der Waals surface area (Å²) in [4.78, 5) is 0. The summed E-state index contributed by atoms with van der Waals surface area (Å²) in [5.41, 5.74) is 9.73. The van der Waals surface area contributed by atoms with Gasteiger partial charge in [-0.05, 0) is 65.5 Å². The first-order valence-corrected chi connectivity index (χ1v) is 9.53. The average Bonchev–Trinajstić information content (AvgIpc) is 3.40. The molecule has 0 spiro atoms. The highest BCUT2D eigenvalue weighted by Gasteiger charge is 2.55. The van der Waals surface area contributed by atoms with Gasteiger partial charge in [0.15, 0.2) is 0 Å². The summed E-state index contributed by atoms with van der Waals surface area (Å²) in [7, 11) is 1.73. The van der Waals surface area contributed by atoms with Crippen LogP contribution in [0.4, 0.5) is 0 Å². The van der Waals surface area contributed by atoms with Crippen LogP contribution in [0.1, 0.15) is 47.8 Å². The van der Waals surface area contributed by atoms with E-state index in [-0.39, 0.29) is 0 Å². The van der Waals surface area contributed by atoms with E-state index < -0.39 is 0 Å². The Hall–Kier alpha value is -2.28. The molecule has 2 aromatic carbocycles. The second-order valence-corrected chi connectivity index (χ2v) is 8.03. The quantitative estimate of drug-likeness (QED) is 0.508. The molecule has 4 aliphatic rings. The summed E-state index contributed by atoms with van der Waals surface area (Å²) in [6, 6.07) is 17.7. The molecule has 4 aliphatic carbocycles. The molecule has 4 unspecified atom stereocenters. The monoisotopic (exact) mass is 326 g/mol. The maximum absolute atomic E-state index is 5.31. The SMILES string of the molecule is COc1ccc(C=C2C3C4=C(C5CCC4C5)C2c2ccccc23)cc1. The lowest BCUT2D eigenvalue weighted by molar-refractivity contribution is 0.415. The van der Waals surface area contributed by atoms with Crippen molar-refractivity contribution in [3.63, 3.8) is 0 Å². The molecule has 1 fully saturated rings. The van der Waals surface area contributed by atoms with Gasteiger partial charge in [0, 0.05) is 11.8 Å². The van der Waals surface area contributed by atoms with Crippen molar-refractivity contribution in [2.75, 3.05) is 7.11 Å². The van der Waals surface area contributed by atoms with Gasteiger partial charge in [0.25, 0.3) is 0 Å². The van der Waals surface area contributed by atoms with E-state index in [4.69, 9.17) is 4.74 Å². The lowest BCUT2D eigenvalue weighted by Gasteiger charge is -2.25. The van der Waals surface area contributed by atoms with Crippen LogP contribution in [0.5, 0.6) is 5.75 Å². The van der Waals surface area contributed by atoms with E-state index in [1.165, 1.54) is 24.8 Å². The Balaban J connectivity index is 1.50. The molecular weight excluding hydrogens is 304 g/mol. The van der Waals surface area contributed by atoms with E-state index in [2.05, 4.69) is 54.6 Å². The molecule has 1 nitrogen and oxygen atoms in total. The number of rotatable bonds is 2. The minimum absolute atomic E-state index is 0.564. The predicted molar refractivity (Wildman–Crippen MR) is 101 cm³/mol. The van der Waals surface area contributed by atoms with Crippen molar-refractivity contribution in [3.8, 4) is 5.75 Å². The van der Waals surface area contributed by atoms with Crippen molar-refractivity contribution in [3.05, 3.63) is 81.9 Å². The Morgan fingerprint density at radius 3 is 2.00 bits per heavy atom. The lowest BCUT2D eigenvalue weighted by atomic mass is 9.79. The van der Waals surface area contributed by atoms with Crippen LogP contribution in [0.2, 0.25) is 0 Å². The van der Waals surface area contributed by atoms with Gasteiger partial charge in [-0.2, -0.15) is 0 Å². The Labute approximate surface area is 149 Å². The number of hydrogen-bond donors (Lipinski definition) is 0. The molecule has 124 valence electrons. The topological polar surface area (TPSA) is 9.23 Å². The van der Waals surface area contributed by atoms with Crippen LogP contribution in [-0.4, -0.2) is 7.11 Å². The Kier molecular flexibility index (Phi) is 2.72. The largest absolute Gasteiger partial charge is 0.497 e. The first kappa shape index (κ1) is 13.9. The highest BCUT2D eigenvalue weighted by atomic mass is 16.5. The van der Waals surface area contributed by atoms with Crippen molar-refractivity contribution >= 4 is 6.08 Å². The second-order valence-electron chi connectivity index (χ2n) is 8.03. The summed E-state index contributed by atoms with van der Waals surface area (Å²) in [5.74, 6) is 3.78. The van der Waals surface area contributed by atoms with Gasteiger partial charge in [-0.1, -0.05) is 53.6 Å². The van der Waals surface area contributed by atoms with Crippen LogP contribution in [0.15, 0.2) is 65.3 Å². The van der Waals surface area contributed by atoms with Gasteiger partial charge >= 0.3 is 0 Å². The zero-order valence-electron chi connectivity index (χ0n) is 14.5. The smallest absolute Gasteiger partial charge is 0.118 e. The first-order valence-electron chi connectivity index (χ1n) is 9.53. The maximum atomic E-state index is 5.31. The van der Waals surface area contributed by atoms with Gasteiger partial charge in [-0.25, -0.2) is 0 Å². The standard InChI is InChI=1S/C24H22O/c1-25-17-10-6-14(7-11-17)12-20-23-18-4-2-3-5-19(18)24(20)22-16-9-8-15(13-16)21(22)23/h2-7,10-12,15-16,23-24H,8-9,13H2,1H3. The average molecular weight is 326 g/mol. The highest BCUT2D eigenvalue weighted by molar-refractivity contribution is 5.74. The predicted octanol–water partition coefficient (Wildman–Crippen LogP) is 5.70. The minimum atomic E-state index is 0.564. The molecule has 0 aromatic heterocycles. The van der Waals surface area contributed by atoms with Crippen molar-refractivity contribution in [2.45, 2.75) is 31.1 Å². The van der Waals surface area contributed by atoms with Crippen molar-refractivity contribution in [1.82, 2.24) is 0 Å². The number of ether oxygens (including phenoxy) is 1. The molecule has 1 saturated carbocycles. The van der Waals surface area contributed by atoms with E-state index in [9.17, 15) is 0 Å².